The third-order valence-electron chi connectivity index (χ3n) is 1.81. The van der Waals surface area contributed by atoms with Gasteiger partial charge in [0.2, 0.25) is 5.76 Å². The molecular formula is C10H6BrNO2. The van der Waals surface area contributed by atoms with Crippen molar-refractivity contribution in [2.45, 2.75) is 0 Å². The highest BCUT2D eigenvalue weighted by Gasteiger charge is 2.13. The van der Waals surface area contributed by atoms with Crippen molar-refractivity contribution in [1.82, 2.24) is 5.16 Å². The van der Waals surface area contributed by atoms with E-state index < -0.39 is 0 Å². The summed E-state index contributed by atoms with van der Waals surface area (Å²) in [7, 11) is 0. The molecule has 0 saturated heterocycles. The van der Waals surface area contributed by atoms with Gasteiger partial charge in [0.15, 0.2) is 6.29 Å². The Labute approximate surface area is 88.8 Å². The largest absolute Gasteiger partial charge is 0.352 e. The smallest absolute Gasteiger partial charge is 0.214 e. The molecule has 0 aliphatic heterocycles. The van der Waals surface area contributed by atoms with Crippen molar-refractivity contribution in [3.8, 4) is 11.3 Å². The van der Waals surface area contributed by atoms with Crippen LogP contribution in [0.2, 0.25) is 0 Å². The maximum absolute atomic E-state index is 10.5. The van der Waals surface area contributed by atoms with Crippen molar-refractivity contribution in [2.24, 2.45) is 0 Å². The van der Waals surface area contributed by atoms with Gasteiger partial charge in [0.25, 0.3) is 0 Å². The van der Waals surface area contributed by atoms with Crippen molar-refractivity contribution in [1.29, 1.82) is 0 Å². The molecule has 2 rings (SSSR count). The lowest BCUT2D eigenvalue weighted by Crippen LogP contribution is -1.78. The molecule has 2 aromatic rings. The molecule has 0 saturated carbocycles. The van der Waals surface area contributed by atoms with Crippen LogP contribution in [0.25, 0.3) is 11.3 Å². The first-order chi connectivity index (χ1) is 6.83. The van der Waals surface area contributed by atoms with Gasteiger partial charge in [0.05, 0.1) is 4.47 Å². The lowest BCUT2D eigenvalue weighted by molar-refractivity contribution is 0.109. The van der Waals surface area contributed by atoms with E-state index in [-0.39, 0.29) is 5.76 Å². The van der Waals surface area contributed by atoms with E-state index in [0.29, 0.717) is 16.5 Å². The number of aldehydes is 1. The van der Waals surface area contributed by atoms with Crippen LogP contribution in [0.15, 0.2) is 39.3 Å². The minimum atomic E-state index is 0.212. The number of nitrogens with zero attached hydrogens (tertiary/aromatic N) is 1. The predicted molar refractivity (Wildman–Crippen MR) is 55.0 cm³/mol. The zero-order chi connectivity index (χ0) is 9.97. The fraction of sp³-hybridized carbons (Fsp3) is 0. The highest BCUT2D eigenvalue weighted by atomic mass is 79.9. The summed E-state index contributed by atoms with van der Waals surface area (Å²) in [6.45, 7) is 0. The minimum Gasteiger partial charge on any atom is -0.352 e. The summed E-state index contributed by atoms with van der Waals surface area (Å²) in [6.07, 6.45) is 0.628. The zero-order valence-corrected chi connectivity index (χ0v) is 8.69. The molecule has 1 aromatic carbocycles. The van der Waals surface area contributed by atoms with E-state index in [1.165, 1.54) is 0 Å². The standard InChI is InChI=1S/C10H6BrNO2/c11-9-8(6-13)14-12-10(9)7-4-2-1-3-5-7/h1-6H. The Morgan fingerprint density at radius 2 is 2.00 bits per heavy atom. The predicted octanol–water partition coefficient (Wildman–Crippen LogP) is 2.92. The molecule has 3 nitrogen and oxygen atoms in total. The second-order valence-electron chi connectivity index (χ2n) is 2.69. The lowest BCUT2D eigenvalue weighted by atomic mass is 10.1. The SMILES string of the molecule is O=Cc1onc(-c2ccccc2)c1Br. The normalized spacial score (nSPS) is 10.1. The van der Waals surface area contributed by atoms with Gasteiger partial charge in [-0.15, -0.1) is 0 Å². The van der Waals surface area contributed by atoms with Crippen LogP contribution < -0.4 is 0 Å². The number of carbonyl (C=O) groups is 1. The van der Waals surface area contributed by atoms with E-state index in [1.54, 1.807) is 0 Å². The van der Waals surface area contributed by atoms with Gasteiger partial charge >= 0.3 is 0 Å². The van der Waals surface area contributed by atoms with Crippen molar-refractivity contribution in [2.75, 3.05) is 0 Å². The van der Waals surface area contributed by atoms with Gasteiger partial charge in [-0.05, 0) is 15.9 Å². The van der Waals surface area contributed by atoms with Crippen LogP contribution in [-0.4, -0.2) is 11.4 Å². The molecule has 0 N–H and O–H groups in total. The third kappa shape index (κ3) is 1.48. The number of hydrogen-bond acceptors (Lipinski definition) is 3. The molecule has 0 fully saturated rings. The van der Waals surface area contributed by atoms with Crippen LogP contribution >= 0.6 is 15.9 Å². The fourth-order valence-corrected chi connectivity index (χ4v) is 1.61. The molecule has 4 heteroatoms. The van der Waals surface area contributed by atoms with Gasteiger partial charge in [0.1, 0.15) is 5.69 Å². The number of rotatable bonds is 2. The molecule has 1 heterocycles. The zero-order valence-electron chi connectivity index (χ0n) is 7.11. The molecule has 0 bridgehead atoms. The van der Waals surface area contributed by atoms with Crippen LogP contribution in [-0.2, 0) is 0 Å². The number of benzene rings is 1. The Hall–Kier alpha value is -1.42. The van der Waals surface area contributed by atoms with E-state index in [4.69, 9.17) is 4.52 Å². The second-order valence-corrected chi connectivity index (χ2v) is 3.49. The first-order valence-electron chi connectivity index (χ1n) is 3.98. The molecule has 0 aliphatic rings. The summed E-state index contributed by atoms with van der Waals surface area (Å²) in [5, 5.41) is 3.80. The molecule has 70 valence electrons. The second kappa shape index (κ2) is 3.75. The minimum absolute atomic E-state index is 0.212. The first kappa shape index (κ1) is 9.15. The van der Waals surface area contributed by atoms with Crippen LogP contribution in [0, 0.1) is 0 Å². The molecular weight excluding hydrogens is 246 g/mol. The number of carbonyl (C=O) groups excluding carboxylic acids is 1. The molecule has 1 aromatic heterocycles. The molecule has 0 amide bonds. The van der Waals surface area contributed by atoms with Gasteiger partial charge in [-0.3, -0.25) is 4.79 Å². The van der Waals surface area contributed by atoms with E-state index in [9.17, 15) is 4.79 Å². The van der Waals surface area contributed by atoms with Crippen LogP contribution in [0.3, 0.4) is 0 Å². The Balaban J connectivity index is 2.53. The van der Waals surface area contributed by atoms with E-state index in [0.717, 1.165) is 5.56 Å². The van der Waals surface area contributed by atoms with Crippen molar-refractivity contribution in [3.63, 3.8) is 0 Å². The summed E-state index contributed by atoms with van der Waals surface area (Å²) in [4.78, 5) is 10.5. The number of halogens is 1. The van der Waals surface area contributed by atoms with Crippen LogP contribution in [0.4, 0.5) is 0 Å². The van der Waals surface area contributed by atoms with Gasteiger partial charge < -0.3 is 4.52 Å². The van der Waals surface area contributed by atoms with Crippen molar-refractivity contribution in [3.05, 3.63) is 40.6 Å². The molecule has 0 radical (unpaired) electrons. The van der Waals surface area contributed by atoms with E-state index in [1.807, 2.05) is 30.3 Å². The summed E-state index contributed by atoms with van der Waals surface area (Å²) >= 11 is 3.26. The summed E-state index contributed by atoms with van der Waals surface area (Å²) < 4.78 is 5.43. The van der Waals surface area contributed by atoms with Crippen molar-refractivity contribution >= 4 is 22.2 Å². The Bertz CT molecular complexity index is 450. The summed E-state index contributed by atoms with van der Waals surface area (Å²) in [6, 6.07) is 9.51. The molecule has 0 aliphatic carbocycles. The van der Waals surface area contributed by atoms with Gasteiger partial charge in [-0.25, -0.2) is 0 Å². The molecule has 14 heavy (non-hydrogen) atoms. The molecule has 0 unspecified atom stereocenters. The molecule has 0 atom stereocenters. The Morgan fingerprint density at radius 1 is 1.29 bits per heavy atom. The maximum atomic E-state index is 10.5. The number of hydrogen-bond donors (Lipinski definition) is 0. The van der Waals surface area contributed by atoms with Crippen LogP contribution in [0.1, 0.15) is 10.6 Å². The average Bonchev–Trinajstić information content (AvgIpc) is 2.61. The average molecular weight is 252 g/mol. The maximum Gasteiger partial charge on any atom is 0.214 e. The van der Waals surface area contributed by atoms with Crippen LogP contribution in [0.5, 0.6) is 0 Å². The Kier molecular flexibility index (Phi) is 2.45. The molecule has 0 spiro atoms. The summed E-state index contributed by atoms with van der Waals surface area (Å²) in [5.74, 6) is 0.212. The highest BCUT2D eigenvalue weighted by Crippen LogP contribution is 2.28. The quantitative estimate of drug-likeness (QED) is 0.771. The van der Waals surface area contributed by atoms with Gasteiger partial charge in [-0.1, -0.05) is 35.5 Å². The topological polar surface area (TPSA) is 43.1 Å². The fourth-order valence-electron chi connectivity index (χ4n) is 1.14. The highest BCUT2D eigenvalue weighted by molar-refractivity contribution is 9.10. The lowest BCUT2D eigenvalue weighted by Gasteiger charge is -1.93. The van der Waals surface area contributed by atoms with E-state index >= 15 is 0 Å². The van der Waals surface area contributed by atoms with E-state index in [2.05, 4.69) is 21.1 Å². The van der Waals surface area contributed by atoms with Gasteiger partial charge in [0, 0.05) is 5.56 Å². The third-order valence-corrected chi connectivity index (χ3v) is 2.58. The monoisotopic (exact) mass is 251 g/mol. The number of aromatic nitrogens is 1. The first-order valence-corrected chi connectivity index (χ1v) is 4.78. The Morgan fingerprint density at radius 3 is 2.57 bits per heavy atom. The summed E-state index contributed by atoms with van der Waals surface area (Å²) in [5.41, 5.74) is 1.56. The van der Waals surface area contributed by atoms with Gasteiger partial charge in [-0.2, -0.15) is 0 Å². The van der Waals surface area contributed by atoms with Crippen molar-refractivity contribution < 1.29 is 9.32 Å².